The summed E-state index contributed by atoms with van der Waals surface area (Å²) < 4.78 is 6.91. The van der Waals surface area contributed by atoms with E-state index in [0.717, 1.165) is 12.8 Å². The largest absolute Gasteiger partial charge is 0.381 e. The van der Waals surface area contributed by atoms with Gasteiger partial charge in [-0.15, -0.1) is 0 Å². The van der Waals surface area contributed by atoms with E-state index in [4.69, 9.17) is 4.74 Å². The van der Waals surface area contributed by atoms with Crippen LogP contribution in [0.2, 0.25) is 0 Å². The second kappa shape index (κ2) is 5.47. The van der Waals surface area contributed by atoms with Crippen molar-refractivity contribution in [2.75, 3.05) is 7.11 Å². The van der Waals surface area contributed by atoms with Gasteiger partial charge in [0.15, 0.2) is 5.69 Å². The number of ether oxygens (including phenoxy) is 1. The van der Waals surface area contributed by atoms with Gasteiger partial charge in [-0.05, 0) is 18.9 Å². The second-order valence-corrected chi connectivity index (χ2v) is 5.58. The molecule has 0 bridgehead atoms. The maximum atomic E-state index is 12.6. The van der Waals surface area contributed by atoms with E-state index in [0.29, 0.717) is 22.7 Å². The van der Waals surface area contributed by atoms with Gasteiger partial charge in [0.25, 0.3) is 5.91 Å². The van der Waals surface area contributed by atoms with Crippen molar-refractivity contribution >= 4 is 16.9 Å². The number of fused-ring (bicyclic) bond motifs is 1. The monoisotopic (exact) mass is 312 g/mol. The average molecular weight is 312 g/mol. The van der Waals surface area contributed by atoms with Gasteiger partial charge < -0.3 is 15.0 Å². The van der Waals surface area contributed by atoms with E-state index in [1.807, 2.05) is 6.07 Å². The highest BCUT2D eigenvalue weighted by Gasteiger charge is 2.31. The number of aromatic amines is 1. The number of carbonyl (C=O) groups is 1. The Bertz CT molecular complexity index is 835. The minimum absolute atomic E-state index is 0.129. The number of H-pyrrole nitrogens is 1. The third kappa shape index (κ3) is 2.46. The maximum absolute atomic E-state index is 12.6. The summed E-state index contributed by atoms with van der Waals surface area (Å²) in [5.74, 6) is 0.212. The van der Waals surface area contributed by atoms with Crippen LogP contribution in [0.5, 0.6) is 0 Å². The number of nitrogens with one attached hydrogen (secondary N) is 2. The summed E-state index contributed by atoms with van der Waals surface area (Å²) in [6.45, 7) is 0. The molecule has 0 atom stereocenters. The molecule has 4 rings (SSSR count). The topological polar surface area (TPSA) is 97.7 Å². The van der Waals surface area contributed by atoms with Crippen LogP contribution < -0.4 is 5.32 Å². The summed E-state index contributed by atoms with van der Waals surface area (Å²) in [4.78, 5) is 28.5. The molecule has 1 aliphatic carbocycles. The van der Waals surface area contributed by atoms with Crippen LogP contribution in [0.25, 0.3) is 17.0 Å². The zero-order valence-electron chi connectivity index (χ0n) is 12.6. The molecule has 1 aliphatic rings. The zero-order chi connectivity index (χ0) is 15.8. The summed E-state index contributed by atoms with van der Waals surface area (Å²) in [5.41, 5.74) is 1.66. The Morgan fingerprint density at radius 3 is 3.04 bits per heavy atom. The summed E-state index contributed by atoms with van der Waals surface area (Å²) in [6, 6.07) is 1.95. The summed E-state index contributed by atoms with van der Waals surface area (Å²) in [7, 11) is 1.69. The molecule has 3 heterocycles. The van der Waals surface area contributed by atoms with Crippen molar-refractivity contribution < 1.29 is 9.53 Å². The van der Waals surface area contributed by atoms with Crippen molar-refractivity contribution in [2.24, 2.45) is 0 Å². The van der Waals surface area contributed by atoms with Gasteiger partial charge in [0.2, 0.25) is 5.95 Å². The Balaban J connectivity index is 1.65. The fourth-order valence-corrected chi connectivity index (χ4v) is 2.72. The normalized spacial score (nSPS) is 20.4. The van der Waals surface area contributed by atoms with Gasteiger partial charge in [-0.25, -0.2) is 15.0 Å². The van der Waals surface area contributed by atoms with Crippen LogP contribution in [0, 0.1) is 0 Å². The number of amides is 1. The number of hydrogen-bond acceptors (Lipinski definition) is 5. The van der Waals surface area contributed by atoms with Crippen LogP contribution in [0.3, 0.4) is 0 Å². The quantitative estimate of drug-likeness (QED) is 0.750. The predicted octanol–water partition coefficient (Wildman–Crippen LogP) is 1.05. The van der Waals surface area contributed by atoms with E-state index in [1.165, 1.54) is 0 Å². The third-order valence-corrected chi connectivity index (χ3v) is 4.11. The molecule has 8 heteroatoms. The van der Waals surface area contributed by atoms with Gasteiger partial charge in [0.1, 0.15) is 6.33 Å². The molecule has 2 N–H and O–H groups in total. The molecule has 1 fully saturated rings. The Morgan fingerprint density at radius 1 is 1.43 bits per heavy atom. The molecule has 3 aromatic rings. The number of nitrogens with zero attached hydrogens (tertiary/aromatic N) is 4. The fraction of sp³-hybridized carbons (Fsp3) is 0.333. The van der Waals surface area contributed by atoms with Crippen LogP contribution in [0.15, 0.2) is 31.0 Å². The molecule has 23 heavy (non-hydrogen) atoms. The van der Waals surface area contributed by atoms with Crippen LogP contribution in [0.4, 0.5) is 0 Å². The lowest BCUT2D eigenvalue weighted by Gasteiger charge is -2.34. The predicted molar refractivity (Wildman–Crippen MR) is 82.3 cm³/mol. The van der Waals surface area contributed by atoms with E-state index in [-0.39, 0.29) is 18.1 Å². The van der Waals surface area contributed by atoms with Gasteiger partial charge >= 0.3 is 0 Å². The highest BCUT2D eigenvalue weighted by Crippen LogP contribution is 2.23. The number of imidazole rings is 1. The number of hydrogen-bond donors (Lipinski definition) is 2. The van der Waals surface area contributed by atoms with E-state index >= 15 is 0 Å². The smallest absolute Gasteiger partial charge is 0.272 e. The number of methoxy groups -OCH3 is 1. The minimum Gasteiger partial charge on any atom is -0.381 e. The Morgan fingerprint density at radius 2 is 2.30 bits per heavy atom. The summed E-state index contributed by atoms with van der Waals surface area (Å²) in [5, 5.41) is 3.00. The maximum Gasteiger partial charge on any atom is 0.272 e. The van der Waals surface area contributed by atoms with Gasteiger partial charge in [-0.3, -0.25) is 9.36 Å². The third-order valence-electron chi connectivity index (χ3n) is 4.11. The second-order valence-electron chi connectivity index (χ2n) is 5.58. The lowest BCUT2D eigenvalue weighted by atomic mass is 9.89. The molecule has 0 aromatic carbocycles. The summed E-state index contributed by atoms with van der Waals surface area (Å²) >= 11 is 0. The van der Waals surface area contributed by atoms with Gasteiger partial charge in [0, 0.05) is 31.7 Å². The zero-order valence-corrected chi connectivity index (χ0v) is 12.6. The molecule has 1 saturated carbocycles. The van der Waals surface area contributed by atoms with Gasteiger partial charge in [-0.2, -0.15) is 0 Å². The number of rotatable bonds is 4. The SMILES string of the molecule is CO[C@H]1C[C@H](NC(=O)c2nc(-n3ccnc3)nc3cc[nH]c23)C1. The van der Waals surface area contributed by atoms with Gasteiger partial charge in [0.05, 0.1) is 17.1 Å². The van der Waals surface area contributed by atoms with Gasteiger partial charge in [-0.1, -0.05) is 0 Å². The van der Waals surface area contributed by atoms with E-state index < -0.39 is 0 Å². The molecule has 0 radical (unpaired) electrons. The highest BCUT2D eigenvalue weighted by molar-refractivity contribution is 6.03. The Labute approximate surface area is 131 Å². The molecule has 0 spiro atoms. The van der Waals surface area contributed by atoms with Crippen molar-refractivity contribution in [3.63, 3.8) is 0 Å². The molecule has 0 saturated heterocycles. The highest BCUT2D eigenvalue weighted by atomic mass is 16.5. The Hall–Kier alpha value is -2.74. The standard InChI is InChI=1S/C15H16N6O2/c1-23-10-6-9(7-10)18-14(22)13-12-11(2-3-17-12)19-15(20-13)21-5-4-16-8-21/h2-5,8-10,17H,6-7H2,1H3,(H,18,22)/t9-,10-. The molecule has 0 unspecified atom stereocenters. The first-order valence-corrected chi connectivity index (χ1v) is 7.41. The van der Waals surface area contributed by atoms with Crippen molar-refractivity contribution in [3.8, 4) is 5.95 Å². The van der Waals surface area contributed by atoms with Crippen molar-refractivity contribution in [3.05, 3.63) is 36.7 Å². The van der Waals surface area contributed by atoms with Crippen LogP contribution >= 0.6 is 0 Å². The van der Waals surface area contributed by atoms with Crippen LogP contribution in [0.1, 0.15) is 23.3 Å². The van der Waals surface area contributed by atoms with Crippen LogP contribution in [-0.4, -0.2) is 49.7 Å². The van der Waals surface area contributed by atoms with Crippen molar-refractivity contribution in [1.82, 2.24) is 29.8 Å². The lowest BCUT2D eigenvalue weighted by molar-refractivity contribution is 0.0175. The molecule has 0 aliphatic heterocycles. The molecular weight excluding hydrogens is 296 g/mol. The van der Waals surface area contributed by atoms with E-state index in [2.05, 4.69) is 25.3 Å². The fourth-order valence-electron chi connectivity index (χ4n) is 2.72. The Kier molecular flexibility index (Phi) is 3.30. The first kappa shape index (κ1) is 13.9. The molecule has 8 nitrogen and oxygen atoms in total. The first-order valence-electron chi connectivity index (χ1n) is 7.41. The molecule has 118 valence electrons. The molecule has 1 amide bonds. The van der Waals surface area contributed by atoms with Crippen molar-refractivity contribution in [1.29, 1.82) is 0 Å². The summed E-state index contributed by atoms with van der Waals surface area (Å²) in [6.07, 6.45) is 8.63. The molecule has 3 aromatic heterocycles. The van der Waals surface area contributed by atoms with E-state index in [9.17, 15) is 4.79 Å². The lowest BCUT2D eigenvalue weighted by Crippen LogP contribution is -2.47. The number of aromatic nitrogens is 5. The van der Waals surface area contributed by atoms with Crippen molar-refractivity contribution in [2.45, 2.75) is 25.0 Å². The minimum atomic E-state index is -0.208. The van der Waals surface area contributed by atoms with Crippen LogP contribution in [-0.2, 0) is 4.74 Å². The number of carbonyl (C=O) groups excluding carboxylic acids is 1. The first-order chi connectivity index (χ1) is 11.2. The molecular formula is C15H16N6O2. The van der Waals surface area contributed by atoms with E-state index in [1.54, 1.807) is 36.6 Å². The average Bonchev–Trinajstić information content (AvgIpc) is 3.19.